The van der Waals surface area contributed by atoms with Gasteiger partial charge in [-0.15, -0.1) is 0 Å². The van der Waals surface area contributed by atoms with Crippen molar-refractivity contribution in [3.63, 3.8) is 0 Å². The maximum atomic E-state index is 12.7. The molecule has 2 aromatic rings. The molecule has 0 unspecified atom stereocenters. The van der Waals surface area contributed by atoms with Crippen molar-refractivity contribution >= 4 is 5.91 Å². The fourth-order valence-electron chi connectivity index (χ4n) is 3.17. The van der Waals surface area contributed by atoms with Crippen molar-refractivity contribution in [2.45, 2.75) is 65.3 Å². The third-order valence-corrected chi connectivity index (χ3v) is 4.60. The minimum atomic E-state index is -0.0952. The summed E-state index contributed by atoms with van der Waals surface area (Å²) in [6.07, 6.45) is 2.91. The number of amides is 1. The second kappa shape index (κ2) is 6.75. The molecule has 0 spiro atoms. The zero-order valence-electron chi connectivity index (χ0n) is 14.7. The van der Waals surface area contributed by atoms with Crippen LogP contribution in [0.15, 0.2) is 9.05 Å². The number of aryl methyl sites for hydroxylation is 2. The molecule has 1 aliphatic heterocycles. The Morgan fingerprint density at radius 2 is 2.08 bits per heavy atom. The first-order chi connectivity index (χ1) is 11.5. The largest absolute Gasteiger partial charge is 0.361 e. The molecule has 0 radical (unpaired) electrons. The van der Waals surface area contributed by atoms with E-state index in [0.29, 0.717) is 24.6 Å². The molecule has 1 saturated heterocycles. The molecule has 2 aromatic heterocycles. The highest BCUT2D eigenvalue weighted by Gasteiger charge is 2.34. The van der Waals surface area contributed by atoms with Gasteiger partial charge >= 0.3 is 0 Å². The number of carbonyl (C=O) groups is 1. The maximum absolute atomic E-state index is 12.7. The minimum Gasteiger partial charge on any atom is -0.361 e. The molecule has 130 valence electrons. The second-order valence-electron chi connectivity index (χ2n) is 6.69. The maximum Gasteiger partial charge on any atom is 0.249 e. The smallest absolute Gasteiger partial charge is 0.249 e. The molecule has 0 bridgehead atoms. The second-order valence-corrected chi connectivity index (χ2v) is 6.69. The molecule has 1 atom stereocenters. The van der Waals surface area contributed by atoms with Crippen LogP contribution in [-0.4, -0.2) is 32.6 Å². The standard InChI is InChI=1S/C17H24N4O3/c1-10(2)16-18-17(24-20-16)14-6-5-9-21(14)15(22)8-7-13-11(3)19-23-12(13)4/h10,14H,5-9H2,1-4H3/t14-/m0/s1. The Kier molecular flexibility index (Phi) is 4.69. The summed E-state index contributed by atoms with van der Waals surface area (Å²) >= 11 is 0. The average molecular weight is 332 g/mol. The van der Waals surface area contributed by atoms with Crippen LogP contribution in [-0.2, 0) is 11.2 Å². The molecule has 3 heterocycles. The normalized spacial score (nSPS) is 17.9. The predicted molar refractivity (Wildman–Crippen MR) is 86.4 cm³/mol. The van der Waals surface area contributed by atoms with Gasteiger partial charge in [0.15, 0.2) is 5.82 Å². The van der Waals surface area contributed by atoms with Crippen molar-refractivity contribution < 1.29 is 13.8 Å². The lowest BCUT2D eigenvalue weighted by atomic mass is 10.1. The van der Waals surface area contributed by atoms with Crippen LogP contribution < -0.4 is 0 Å². The van der Waals surface area contributed by atoms with E-state index in [1.807, 2.05) is 32.6 Å². The summed E-state index contributed by atoms with van der Waals surface area (Å²) in [4.78, 5) is 19.0. The molecule has 0 aromatic carbocycles. The molecular formula is C17H24N4O3. The van der Waals surface area contributed by atoms with Crippen molar-refractivity contribution in [1.82, 2.24) is 20.2 Å². The number of hydrogen-bond acceptors (Lipinski definition) is 6. The van der Waals surface area contributed by atoms with Crippen molar-refractivity contribution in [3.05, 3.63) is 28.7 Å². The van der Waals surface area contributed by atoms with Crippen LogP contribution in [0.5, 0.6) is 0 Å². The van der Waals surface area contributed by atoms with Crippen LogP contribution in [0.4, 0.5) is 0 Å². The molecular weight excluding hydrogens is 308 g/mol. The molecule has 7 nitrogen and oxygen atoms in total. The summed E-state index contributed by atoms with van der Waals surface area (Å²) in [5.41, 5.74) is 1.88. The molecule has 1 aliphatic rings. The van der Waals surface area contributed by atoms with E-state index in [4.69, 9.17) is 9.05 Å². The van der Waals surface area contributed by atoms with Gasteiger partial charge in [0.25, 0.3) is 0 Å². The van der Waals surface area contributed by atoms with Gasteiger partial charge in [-0.2, -0.15) is 4.98 Å². The number of rotatable bonds is 5. The summed E-state index contributed by atoms with van der Waals surface area (Å²) in [6, 6.07) is -0.0952. The number of likely N-dealkylation sites (tertiary alicyclic amines) is 1. The monoisotopic (exact) mass is 332 g/mol. The van der Waals surface area contributed by atoms with Crippen molar-refractivity contribution in [2.24, 2.45) is 0 Å². The Balaban J connectivity index is 1.67. The quantitative estimate of drug-likeness (QED) is 0.836. The van der Waals surface area contributed by atoms with Gasteiger partial charge in [-0.25, -0.2) is 0 Å². The Labute approximate surface area is 141 Å². The van der Waals surface area contributed by atoms with E-state index in [2.05, 4.69) is 15.3 Å². The van der Waals surface area contributed by atoms with Crippen LogP contribution in [0.25, 0.3) is 0 Å². The number of hydrogen-bond donors (Lipinski definition) is 0. The van der Waals surface area contributed by atoms with Gasteiger partial charge in [-0.1, -0.05) is 24.2 Å². The van der Waals surface area contributed by atoms with Gasteiger partial charge in [0.05, 0.1) is 5.69 Å². The number of carbonyl (C=O) groups excluding carboxylic acids is 1. The van der Waals surface area contributed by atoms with Crippen LogP contribution in [0.3, 0.4) is 0 Å². The van der Waals surface area contributed by atoms with Gasteiger partial charge < -0.3 is 13.9 Å². The van der Waals surface area contributed by atoms with E-state index in [1.54, 1.807) is 0 Å². The minimum absolute atomic E-state index is 0.0952. The fraction of sp³-hybridized carbons (Fsp3) is 0.647. The first-order valence-corrected chi connectivity index (χ1v) is 8.52. The average Bonchev–Trinajstić information content (AvgIpc) is 3.25. The summed E-state index contributed by atoms with van der Waals surface area (Å²) in [5.74, 6) is 2.37. The lowest BCUT2D eigenvalue weighted by Crippen LogP contribution is -2.31. The highest BCUT2D eigenvalue weighted by atomic mass is 16.5. The molecule has 3 rings (SSSR count). The van der Waals surface area contributed by atoms with E-state index in [0.717, 1.165) is 36.4 Å². The van der Waals surface area contributed by atoms with Gasteiger partial charge in [0, 0.05) is 24.4 Å². The van der Waals surface area contributed by atoms with Crippen molar-refractivity contribution in [2.75, 3.05) is 6.54 Å². The summed E-state index contributed by atoms with van der Waals surface area (Å²) < 4.78 is 10.6. The summed E-state index contributed by atoms with van der Waals surface area (Å²) in [5, 5.41) is 7.96. The molecule has 1 amide bonds. The third kappa shape index (κ3) is 3.20. The molecule has 1 fully saturated rings. The molecule has 7 heteroatoms. The van der Waals surface area contributed by atoms with Crippen LogP contribution >= 0.6 is 0 Å². The number of nitrogens with zero attached hydrogens (tertiary/aromatic N) is 4. The Morgan fingerprint density at radius 1 is 1.29 bits per heavy atom. The van der Waals surface area contributed by atoms with E-state index < -0.39 is 0 Å². The van der Waals surface area contributed by atoms with E-state index in [-0.39, 0.29) is 17.9 Å². The van der Waals surface area contributed by atoms with E-state index in [1.165, 1.54) is 0 Å². The molecule has 0 N–H and O–H groups in total. The van der Waals surface area contributed by atoms with E-state index in [9.17, 15) is 4.79 Å². The van der Waals surface area contributed by atoms with Crippen molar-refractivity contribution in [3.8, 4) is 0 Å². The zero-order chi connectivity index (χ0) is 17.3. The van der Waals surface area contributed by atoms with Crippen LogP contribution in [0.1, 0.15) is 73.8 Å². The summed E-state index contributed by atoms with van der Waals surface area (Å²) in [6.45, 7) is 8.57. The molecule has 0 saturated carbocycles. The van der Waals surface area contributed by atoms with Crippen molar-refractivity contribution in [1.29, 1.82) is 0 Å². The summed E-state index contributed by atoms with van der Waals surface area (Å²) in [7, 11) is 0. The lowest BCUT2D eigenvalue weighted by molar-refractivity contribution is -0.132. The Morgan fingerprint density at radius 3 is 2.71 bits per heavy atom. The lowest BCUT2D eigenvalue weighted by Gasteiger charge is -2.21. The first kappa shape index (κ1) is 16.7. The first-order valence-electron chi connectivity index (χ1n) is 8.52. The predicted octanol–water partition coefficient (Wildman–Crippen LogP) is 3.09. The molecule has 24 heavy (non-hydrogen) atoms. The highest BCUT2D eigenvalue weighted by Crippen LogP contribution is 2.32. The topological polar surface area (TPSA) is 85.3 Å². The Hall–Kier alpha value is -2.18. The zero-order valence-corrected chi connectivity index (χ0v) is 14.7. The Bertz CT molecular complexity index is 700. The van der Waals surface area contributed by atoms with E-state index >= 15 is 0 Å². The van der Waals surface area contributed by atoms with Gasteiger partial charge in [-0.05, 0) is 33.1 Å². The van der Waals surface area contributed by atoms with Crippen LogP contribution in [0.2, 0.25) is 0 Å². The third-order valence-electron chi connectivity index (χ3n) is 4.60. The highest BCUT2D eigenvalue weighted by molar-refractivity contribution is 5.77. The van der Waals surface area contributed by atoms with Gasteiger partial charge in [-0.3, -0.25) is 4.79 Å². The fourth-order valence-corrected chi connectivity index (χ4v) is 3.17. The van der Waals surface area contributed by atoms with Gasteiger partial charge in [0.2, 0.25) is 11.8 Å². The molecule has 0 aliphatic carbocycles. The SMILES string of the molecule is Cc1noc(C)c1CCC(=O)N1CCC[C@H]1c1nc(C(C)C)no1. The number of aromatic nitrogens is 3. The van der Waals surface area contributed by atoms with Gasteiger partial charge in [0.1, 0.15) is 11.8 Å². The van der Waals surface area contributed by atoms with Crippen LogP contribution in [0, 0.1) is 13.8 Å².